The van der Waals surface area contributed by atoms with Crippen molar-refractivity contribution in [2.45, 2.75) is 11.8 Å². The van der Waals surface area contributed by atoms with Gasteiger partial charge in [0.1, 0.15) is 5.82 Å². The van der Waals surface area contributed by atoms with Crippen LogP contribution in [-0.4, -0.2) is 54.0 Å². The van der Waals surface area contributed by atoms with Crippen LogP contribution in [0.5, 0.6) is 0 Å². The second-order valence-electron chi connectivity index (χ2n) is 7.86. The summed E-state index contributed by atoms with van der Waals surface area (Å²) in [6, 6.07) is 20.2. The summed E-state index contributed by atoms with van der Waals surface area (Å²) >= 11 is 0. The summed E-state index contributed by atoms with van der Waals surface area (Å²) in [5.74, 6) is 1.45. The molecule has 168 valence electrons. The summed E-state index contributed by atoms with van der Waals surface area (Å²) in [6.45, 7) is 3.87. The SMILES string of the molecule is Cc1ccc(-c2noc(-c3ccccc3S(=O)(=O)N3CCN(c4ccccn4)CC3)n2)cc1. The monoisotopic (exact) mass is 461 g/mol. The lowest BCUT2D eigenvalue weighted by molar-refractivity contribution is 0.383. The number of benzene rings is 2. The number of pyridine rings is 1. The Morgan fingerprint density at radius 3 is 2.33 bits per heavy atom. The molecule has 0 atom stereocenters. The van der Waals surface area contributed by atoms with Gasteiger partial charge in [0.15, 0.2) is 0 Å². The van der Waals surface area contributed by atoms with Gasteiger partial charge in [0.25, 0.3) is 5.89 Å². The first-order chi connectivity index (χ1) is 16.0. The highest BCUT2D eigenvalue weighted by Crippen LogP contribution is 2.30. The van der Waals surface area contributed by atoms with Crippen LogP contribution in [0.25, 0.3) is 22.8 Å². The maximum absolute atomic E-state index is 13.5. The number of piperazine rings is 1. The van der Waals surface area contributed by atoms with E-state index in [0.717, 1.165) is 16.9 Å². The molecule has 1 saturated heterocycles. The molecule has 5 rings (SSSR count). The molecule has 1 aliphatic heterocycles. The smallest absolute Gasteiger partial charge is 0.259 e. The topological polar surface area (TPSA) is 92.4 Å². The van der Waals surface area contributed by atoms with Crippen molar-refractivity contribution in [2.24, 2.45) is 0 Å². The maximum Gasteiger partial charge on any atom is 0.259 e. The van der Waals surface area contributed by atoms with Crippen LogP contribution in [0.3, 0.4) is 0 Å². The van der Waals surface area contributed by atoms with E-state index in [1.807, 2.05) is 49.4 Å². The first-order valence-electron chi connectivity index (χ1n) is 10.7. The summed E-state index contributed by atoms with van der Waals surface area (Å²) in [5, 5.41) is 4.06. The zero-order valence-electron chi connectivity index (χ0n) is 18.1. The molecular formula is C24H23N5O3S. The largest absolute Gasteiger partial charge is 0.354 e. The Morgan fingerprint density at radius 1 is 0.879 bits per heavy atom. The van der Waals surface area contributed by atoms with Crippen LogP contribution in [0.2, 0.25) is 0 Å². The summed E-state index contributed by atoms with van der Waals surface area (Å²) in [4.78, 5) is 11.1. The molecule has 1 fully saturated rings. The van der Waals surface area contributed by atoms with Gasteiger partial charge in [0.2, 0.25) is 15.8 Å². The van der Waals surface area contributed by atoms with Crippen molar-refractivity contribution in [2.75, 3.05) is 31.1 Å². The Balaban J connectivity index is 1.40. The molecular weight excluding hydrogens is 438 g/mol. The van der Waals surface area contributed by atoms with Gasteiger partial charge in [-0.05, 0) is 31.2 Å². The highest BCUT2D eigenvalue weighted by molar-refractivity contribution is 7.89. The molecule has 9 heteroatoms. The van der Waals surface area contributed by atoms with Gasteiger partial charge < -0.3 is 9.42 Å². The van der Waals surface area contributed by atoms with Crippen LogP contribution < -0.4 is 4.90 Å². The molecule has 0 amide bonds. The Kier molecular flexibility index (Phi) is 5.65. The predicted molar refractivity (Wildman–Crippen MR) is 125 cm³/mol. The average molecular weight is 462 g/mol. The number of aromatic nitrogens is 3. The van der Waals surface area contributed by atoms with E-state index in [9.17, 15) is 8.42 Å². The number of aryl methyl sites for hydroxylation is 1. The van der Waals surface area contributed by atoms with Crippen LogP contribution in [0.1, 0.15) is 5.56 Å². The fourth-order valence-corrected chi connectivity index (χ4v) is 5.46. The third-order valence-corrected chi connectivity index (χ3v) is 7.64. The first-order valence-corrected chi connectivity index (χ1v) is 12.1. The van der Waals surface area contributed by atoms with Crippen molar-refractivity contribution >= 4 is 15.8 Å². The van der Waals surface area contributed by atoms with E-state index >= 15 is 0 Å². The highest BCUT2D eigenvalue weighted by atomic mass is 32.2. The summed E-state index contributed by atoms with van der Waals surface area (Å²) in [5.41, 5.74) is 2.33. The van der Waals surface area contributed by atoms with Gasteiger partial charge in [-0.25, -0.2) is 13.4 Å². The molecule has 1 aliphatic rings. The molecule has 0 spiro atoms. The lowest BCUT2D eigenvalue weighted by atomic mass is 10.1. The second-order valence-corrected chi connectivity index (χ2v) is 9.77. The lowest BCUT2D eigenvalue weighted by Crippen LogP contribution is -2.49. The van der Waals surface area contributed by atoms with Crippen molar-refractivity contribution in [3.63, 3.8) is 0 Å². The average Bonchev–Trinajstić information content (AvgIpc) is 3.35. The van der Waals surface area contributed by atoms with Crippen molar-refractivity contribution in [1.29, 1.82) is 0 Å². The molecule has 4 aromatic rings. The first kappa shape index (κ1) is 21.3. The van der Waals surface area contributed by atoms with Crippen molar-refractivity contribution < 1.29 is 12.9 Å². The number of hydrogen-bond donors (Lipinski definition) is 0. The zero-order chi connectivity index (χ0) is 22.8. The maximum atomic E-state index is 13.5. The standard InChI is InChI=1S/C24H23N5O3S/c1-18-9-11-19(12-10-18)23-26-24(32-27-23)20-6-2-3-7-21(20)33(30,31)29-16-14-28(15-17-29)22-8-4-5-13-25-22/h2-13H,14-17H2,1H3. The molecule has 33 heavy (non-hydrogen) atoms. The minimum atomic E-state index is -3.75. The third kappa shape index (κ3) is 4.24. The second kappa shape index (κ2) is 8.76. The van der Waals surface area contributed by atoms with Crippen molar-refractivity contribution in [3.8, 4) is 22.8 Å². The van der Waals surface area contributed by atoms with Crippen LogP contribution in [0, 0.1) is 6.92 Å². The van der Waals surface area contributed by atoms with E-state index in [1.165, 1.54) is 4.31 Å². The van der Waals surface area contributed by atoms with E-state index in [2.05, 4.69) is 20.0 Å². The molecule has 0 bridgehead atoms. The van der Waals surface area contributed by atoms with E-state index < -0.39 is 10.0 Å². The minimum absolute atomic E-state index is 0.162. The summed E-state index contributed by atoms with van der Waals surface area (Å²) < 4.78 is 34.1. The number of rotatable bonds is 5. The van der Waals surface area contributed by atoms with Crippen LogP contribution in [-0.2, 0) is 10.0 Å². The number of sulfonamides is 1. The van der Waals surface area contributed by atoms with E-state index in [-0.39, 0.29) is 10.8 Å². The fourth-order valence-electron chi connectivity index (χ4n) is 3.86. The molecule has 0 saturated carbocycles. The molecule has 0 aliphatic carbocycles. The van der Waals surface area contributed by atoms with Gasteiger partial charge in [0.05, 0.1) is 10.5 Å². The van der Waals surface area contributed by atoms with Crippen LogP contribution >= 0.6 is 0 Å². The van der Waals surface area contributed by atoms with Gasteiger partial charge >= 0.3 is 0 Å². The van der Waals surface area contributed by atoms with Crippen LogP contribution in [0.4, 0.5) is 5.82 Å². The predicted octanol–water partition coefficient (Wildman–Crippen LogP) is 3.62. The van der Waals surface area contributed by atoms with Gasteiger partial charge in [-0.15, -0.1) is 0 Å². The fraction of sp³-hybridized carbons (Fsp3) is 0.208. The van der Waals surface area contributed by atoms with Gasteiger partial charge in [0, 0.05) is 37.9 Å². The highest BCUT2D eigenvalue weighted by Gasteiger charge is 2.32. The van der Waals surface area contributed by atoms with Gasteiger partial charge in [-0.3, -0.25) is 0 Å². The molecule has 8 nitrogen and oxygen atoms in total. The normalized spacial score (nSPS) is 15.0. The van der Waals surface area contributed by atoms with E-state index in [4.69, 9.17) is 4.52 Å². The zero-order valence-corrected chi connectivity index (χ0v) is 18.9. The summed E-state index contributed by atoms with van der Waals surface area (Å²) in [7, 11) is -3.75. The number of hydrogen-bond acceptors (Lipinski definition) is 7. The number of anilines is 1. The Labute approximate surface area is 192 Å². The Hall–Kier alpha value is -3.56. The van der Waals surface area contributed by atoms with Gasteiger partial charge in [-0.1, -0.05) is 53.2 Å². The van der Waals surface area contributed by atoms with Crippen molar-refractivity contribution in [1.82, 2.24) is 19.4 Å². The van der Waals surface area contributed by atoms with Crippen molar-refractivity contribution in [3.05, 3.63) is 78.5 Å². The lowest BCUT2D eigenvalue weighted by Gasteiger charge is -2.34. The third-order valence-electron chi connectivity index (χ3n) is 5.68. The van der Waals surface area contributed by atoms with E-state index in [0.29, 0.717) is 37.6 Å². The van der Waals surface area contributed by atoms with Gasteiger partial charge in [-0.2, -0.15) is 9.29 Å². The van der Waals surface area contributed by atoms with Crippen LogP contribution in [0.15, 0.2) is 82.3 Å². The molecule has 0 N–H and O–H groups in total. The molecule has 0 radical (unpaired) electrons. The Bertz CT molecular complexity index is 1350. The Morgan fingerprint density at radius 2 is 1.61 bits per heavy atom. The molecule has 2 aromatic carbocycles. The quantitative estimate of drug-likeness (QED) is 0.448. The summed E-state index contributed by atoms with van der Waals surface area (Å²) in [6.07, 6.45) is 1.74. The minimum Gasteiger partial charge on any atom is -0.354 e. The van der Waals surface area contributed by atoms with E-state index in [1.54, 1.807) is 30.5 Å². The number of nitrogens with zero attached hydrogens (tertiary/aromatic N) is 5. The molecule has 2 aromatic heterocycles. The molecule has 0 unspecified atom stereocenters. The molecule has 3 heterocycles.